The summed E-state index contributed by atoms with van der Waals surface area (Å²) in [6.45, 7) is 6.27. The van der Waals surface area contributed by atoms with Crippen molar-refractivity contribution in [3.63, 3.8) is 0 Å². The van der Waals surface area contributed by atoms with Crippen LogP contribution in [0, 0.1) is 17.7 Å². The minimum Gasteiger partial charge on any atom is -0.494 e. The van der Waals surface area contributed by atoms with Crippen LogP contribution in [0.15, 0.2) is 23.1 Å². The second-order valence-electron chi connectivity index (χ2n) is 6.36. The summed E-state index contributed by atoms with van der Waals surface area (Å²) in [5.41, 5.74) is 0. The molecular weight excluding hydrogens is 335 g/mol. The standard InChI is InChI=1S/C16H23FN2O4S/c1-10(2)13-8-19(11(3)20)9-15(13)18-24(21,22)12-5-6-16(23-4)14(17)7-12/h5-7,10,13,15,18H,8-9H2,1-4H3. The van der Waals surface area contributed by atoms with E-state index < -0.39 is 21.9 Å². The molecule has 1 aromatic carbocycles. The summed E-state index contributed by atoms with van der Waals surface area (Å²) in [5, 5.41) is 0. The highest BCUT2D eigenvalue weighted by molar-refractivity contribution is 7.89. The summed E-state index contributed by atoms with van der Waals surface area (Å²) >= 11 is 0. The first-order valence-electron chi connectivity index (χ1n) is 7.77. The van der Waals surface area contributed by atoms with Crippen molar-refractivity contribution in [2.24, 2.45) is 11.8 Å². The smallest absolute Gasteiger partial charge is 0.240 e. The molecule has 134 valence electrons. The summed E-state index contributed by atoms with van der Waals surface area (Å²) in [6, 6.07) is 3.11. The highest BCUT2D eigenvalue weighted by Crippen LogP contribution is 2.27. The molecule has 1 heterocycles. The lowest BCUT2D eigenvalue weighted by atomic mass is 9.92. The fraction of sp³-hybridized carbons (Fsp3) is 0.562. The molecule has 1 aliphatic heterocycles. The van der Waals surface area contributed by atoms with Gasteiger partial charge in [-0.05, 0) is 30.0 Å². The number of carbonyl (C=O) groups excluding carboxylic acids is 1. The topological polar surface area (TPSA) is 75.7 Å². The first-order chi connectivity index (χ1) is 11.2. The molecule has 1 aromatic rings. The number of likely N-dealkylation sites (tertiary alicyclic amines) is 1. The van der Waals surface area contributed by atoms with Crippen molar-refractivity contribution in [1.29, 1.82) is 0 Å². The van der Waals surface area contributed by atoms with Gasteiger partial charge in [0, 0.05) is 26.1 Å². The molecule has 24 heavy (non-hydrogen) atoms. The number of nitrogens with zero attached hydrogens (tertiary/aromatic N) is 1. The third-order valence-electron chi connectivity index (χ3n) is 4.41. The second-order valence-corrected chi connectivity index (χ2v) is 8.07. The number of amides is 1. The van der Waals surface area contributed by atoms with E-state index >= 15 is 0 Å². The lowest BCUT2D eigenvalue weighted by Gasteiger charge is -2.22. The van der Waals surface area contributed by atoms with Gasteiger partial charge in [0.15, 0.2) is 11.6 Å². The SMILES string of the molecule is COc1ccc(S(=O)(=O)NC2CN(C(C)=O)CC2C(C)C)cc1F. The number of methoxy groups -OCH3 is 1. The Morgan fingerprint density at radius 3 is 2.54 bits per heavy atom. The van der Waals surface area contributed by atoms with E-state index in [2.05, 4.69) is 4.72 Å². The molecule has 8 heteroatoms. The quantitative estimate of drug-likeness (QED) is 0.868. The molecule has 0 aliphatic carbocycles. The van der Waals surface area contributed by atoms with Crippen LogP contribution >= 0.6 is 0 Å². The van der Waals surface area contributed by atoms with Crippen molar-refractivity contribution in [1.82, 2.24) is 9.62 Å². The molecule has 6 nitrogen and oxygen atoms in total. The van der Waals surface area contributed by atoms with E-state index in [1.165, 1.54) is 26.2 Å². The average molecular weight is 358 g/mol. The summed E-state index contributed by atoms with van der Waals surface area (Å²) in [6.07, 6.45) is 0. The number of ether oxygens (including phenoxy) is 1. The van der Waals surface area contributed by atoms with Gasteiger partial charge in [-0.1, -0.05) is 13.8 Å². The molecule has 2 atom stereocenters. The Bertz CT molecular complexity index is 721. The predicted octanol–water partition coefficient (Wildman–Crippen LogP) is 1.62. The zero-order valence-electron chi connectivity index (χ0n) is 14.2. The minimum absolute atomic E-state index is 0.00627. The van der Waals surface area contributed by atoms with Crippen molar-refractivity contribution < 1.29 is 22.3 Å². The van der Waals surface area contributed by atoms with E-state index in [1.807, 2.05) is 13.8 Å². The molecule has 1 amide bonds. The van der Waals surface area contributed by atoms with Crippen LogP contribution < -0.4 is 9.46 Å². The normalized spacial score (nSPS) is 21.3. The molecule has 0 aromatic heterocycles. The van der Waals surface area contributed by atoms with Crippen LogP contribution in [0.5, 0.6) is 5.75 Å². The van der Waals surface area contributed by atoms with E-state index in [0.29, 0.717) is 13.1 Å². The molecule has 0 bridgehead atoms. The molecule has 0 saturated carbocycles. The van der Waals surface area contributed by atoms with E-state index in [1.54, 1.807) is 4.90 Å². The maximum absolute atomic E-state index is 13.8. The Kier molecular flexibility index (Phi) is 5.49. The number of hydrogen-bond acceptors (Lipinski definition) is 4. The molecule has 2 rings (SSSR count). The first-order valence-corrected chi connectivity index (χ1v) is 9.25. The van der Waals surface area contributed by atoms with Gasteiger partial charge in [-0.15, -0.1) is 0 Å². The zero-order chi connectivity index (χ0) is 18.1. The Balaban J connectivity index is 2.24. The predicted molar refractivity (Wildman–Crippen MR) is 87.6 cm³/mol. The lowest BCUT2D eigenvalue weighted by Crippen LogP contribution is -2.42. The van der Waals surface area contributed by atoms with Gasteiger partial charge in [0.05, 0.1) is 12.0 Å². The van der Waals surface area contributed by atoms with Gasteiger partial charge >= 0.3 is 0 Å². The molecule has 2 unspecified atom stereocenters. The summed E-state index contributed by atoms with van der Waals surface area (Å²) in [5.74, 6) is -0.630. The minimum atomic E-state index is -3.89. The van der Waals surface area contributed by atoms with E-state index in [9.17, 15) is 17.6 Å². The van der Waals surface area contributed by atoms with Gasteiger partial charge in [0.25, 0.3) is 0 Å². The van der Waals surface area contributed by atoms with Gasteiger partial charge < -0.3 is 9.64 Å². The van der Waals surface area contributed by atoms with Gasteiger partial charge in [-0.2, -0.15) is 0 Å². The van der Waals surface area contributed by atoms with Crippen LogP contribution in [0.1, 0.15) is 20.8 Å². The maximum Gasteiger partial charge on any atom is 0.240 e. The lowest BCUT2D eigenvalue weighted by molar-refractivity contribution is -0.128. The van der Waals surface area contributed by atoms with E-state index in [-0.39, 0.29) is 28.4 Å². The Hall–Kier alpha value is -1.67. The molecule has 1 aliphatic rings. The molecule has 0 spiro atoms. The number of rotatable bonds is 5. The zero-order valence-corrected chi connectivity index (χ0v) is 15.1. The molecule has 1 saturated heterocycles. The van der Waals surface area contributed by atoms with Crippen LogP contribution in [0.25, 0.3) is 0 Å². The van der Waals surface area contributed by atoms with Crippen molar-refractivity contribution in [3.05, 3.63) is 24.0 Å². The molecule has 1 fully saturated rings. The van der Waals surface area contributed by atoms with E-state index in [0.717, 1.165) is 6.07 Å². The third kappa shape index (κ3) is 3.87. The maximum atomic E-state index is 13.8. The number of sulfonamides is 1. The summed E-state index contributed by atoms with van der Waals surface area (Å²) in [7, 11) is -2.58. The molecular formula is C16H23FN2O4S. The van der Waals surface area contributed by atoms with Crippen LogP contribution in [0.3, 0.4) is 0 Å². The Morgan fingerprint density at radius 2 is 2.04 bits per heavy atom. The van der Waals surface area contributed by atoms with Gasteiger partial charge in [-0.25, -0.2) is 17.5 Å². The third-order valence-corrected chi connectivity index (χ3v) is 5.89. The first kappa shape index (κ1) is 18.7. The Morgan fingerprint density at radius 1 is 1.38 bits per heavy atom. The number of nitrogens with one attached hydrogen (secondary N) is 1. The summed E-state index contributed by atoms with van der Waals surface area (Å²) in [4.78, 5) is 13.1. The van der Waals surface area contributed by atoms with Gasteiger partial charge in [0.1, 0.15) is 0 Å². The monoisotopic (exact) mass is 358 g/mol. The number of carbonyl (C=O) groups is 1. The van der Waals surface area contributed by atoms with Crippen molar-refractivity contribution in [2.75, 3.05) is 20.2 Å². The Labute approximate surface area is 142 Å². The average Bonchev–Trinajstić information content (AvgIpc) is 2.90. The molecule has 1 N–H and O–H groups in total. The second kappa shape index (κ2) is 7.06. The fourth-order valence-corrected chi connectivity index (χ4v) is 4.26. The van der Waals surface area contributed by atoms with Crippen molar-refractivity contribution in [3.8, 4) is 5.75 Å². The largest absolute Gasteiger partial charge is 0.494 e. The highest BCUT2D eigenvalue weighted by atomic mass is 32.2. The van der Waals surface area contributed by atoms with Gasteiger partial charge in [0.2, 0.25) is 15.9 Å². The molecule has 0 radical (unpaired) electrons. The van der Waals surface area contributed by atoms with Gasteiger partial charge in [-0.3, -0.25) is 4.79 Å². The van der Waals surface area contributed by atoms with Crippen LogP contribution in [0.2, 0.25) is 0 Å². The van der Waals surface area contributed by atoms with Crippen molar-refractivity contribution in [2.45, 2.75) is 31.7 Å². The van der Waals surface area contributed by atoms with E-state index in [4.69, 9.17) is 4.74 Å². The number of benzene rings is 1. The van der Waals surface area contributed by atoms with Crippen LogP contribution in [-0.4, -0.2) is 45.5 Å². The summed E-state index contributed by atoms with van der Waals surface area (Å²) < 4.78 is 46.3. The highest BCUT2D eigenvalue weighted by Gasteiger charge is 2.38. The van der Waals surface area contributed by atoms with Crippen LogP contribution in [0.4, 0.5) is 4.39 Å². The number of hydrogen-bond donors (Lipinski definition) is 1. The van der Waals surface area contributed by atoms with Crippen LogP contribution in [-0.2, 0) is 14.8 Å². The number of halogens is 1. The van der Waals surface area contributed by atoms with Crippen molar-refractivity contribution >= 4 is 15.9 Å². The fourth-order valence-electron chi connectivity index (χ4n) is 2.97.